The molecule has 1 aromatic rings. The Morgan fingerprint density at radius 3 is 2.80 bits per heavy atom. The van der Waals surface area contributed by atoms with Gasteiger partial charge in [0.2, 0.25) is 0 Å². The number of hydrogen-bond acceptors (Lipinski definition) is 4. The first-order valence-corrected chi connectivity index (χ1v) is 4.75. The molecule has 0 N–H and O–H groups in total. The van der Waals surface area contributed by atoms with Crippen LogP contribution >= 0.6 is 0 Å². The summed E-state index contributed by atoms with van der Waals surface area (Å²) in [6, 6.07) is 3.53. The number of carbonyl (C=O) groups is 2. The third-order valence-electron chi connectivity index (χ3n) is 1.88. The molecule has 0 atom stereocenters. The Morgan fingerprint density at radius 2 is 2.20 bits per heavy atom. The third kappa shape index (κ3) is 3.16. The molecule has 0 amide bonds. The average Bonchev–Trinajstić information content (AvgIpc) is 2.18. The molecule has 0 aliphatic carbocycles. The Balaban J connectivity index is 2.70. The van der Waals surface area contributed by atoms with Crippen molar-refractivity contribution in [1.29, 1.82) is 0 Å². The van der Waals surface area contributed by atoms with Crippen molar-refractivity contribution in [3.63, 3.8) is 0 Å². The second kappa shape index (κ2) is 5.24. The van der Waals surface area contributed by atoms with Gasteiger partial charge in [0.1, 0.15) is 12.1 Å². The van der Waals surface area contributed by atoms with E-state index in [1.54, 1.807) is 26.0 Å². The molecule has 0 aromatic carbocycles. The SMILES string of the molecule is CCOC(=O)CC(=O)c1ncccc1C. The lowest BCUT2D eigenvalue weighted by atomic mass is 10.1. The van der Waals surface area contributed by atoms with Gasteiger partial charge in [-0.15, -0.1) is 0 Å². The van der Waals surface area contributed by atoms with Crippen LogP contribution in [0.2, 0.25) is 0 Å². The monoisotopic (exact) mass is 207 g/mol. The highest BCUT2D eigenvalue weighted by Crippen LogP contribution is 2.06. The smallest absolute Gasteiger partial charge is 0.313 e. The van der Waals surface area contributed by atoms with Gasteiger partial charge in [0, 0.05) is 6.20 Å². The molecule has 4 heteroatoms. The van der Waals surface area contributed by atoms with Crippen molar-refractivity contribution >= 4 is 11.8 Å². The molecular formula is C11H13NO3. The number of nitrogens with zero attached hydrogens (tertiary/aromatic N) is 1. The number of aromatic nitrogens is 1. The van der Waals surface area contributed by atoms with Crippen LogP contribution in [0.25, 0.3) is 0 Å². The number of aryl methyl sites for hydroxylation is 1. The molecule has 0 radical (unpaired) electrons. The van der Waals surface area contributed by atoms with Gasteiger partial charge in [0.15, 0.2) is 5.78 Å². The molecule has 1 rings (SSSR count). The molecule has 0 fully saturated rings. The molecule has 0 saturated heterocycles. The second-order valence-corrected chi connectivity index (χ2v) is 3.07. The number of ketones is 1. The summed E-state index contributed by atoms with van der Waals surface area (Å²) in [5, 5.41) is 0. The lowest BCUT2D eigenvalue weighted by molar-refractivity contribution is -0.141. The van der Waals surface area contributed by atoms with Crippen LogP contribution in [0.4, 0.5) is 0 Å². The third-order valence-corrected chi connectivity index (χ3v) is 1.88. The number of Topliss-reactive ketones (excluding diaryl/α,β-unsaturated/α-hetero) is 1. The van der Waals surface area contributed by atoms with Crippen molar-refractivity contribution in [3.8, 4) is 0 Å². The number of pyridine rings is 1. The van der Waals surface area contributed by atoms with Gasteiger partial charge < -0.3 is 4.74 Å². The van der Waals surface area contributed by atoms with Crippen LogP contribution in [0.5, 0.6) is 0 Å². The Kier molecular flexibility index (Phi) is 3.97. The van der Waals surface area contributed by atoms with Gasteiger partial charge in [-0.25, -0.2) is 0 Å². The Bertz CT molecular complexity index is 374. The molecule has 80 valence electrons. The molecule has 0 aliphatic heterocycles. The molecule has 4 nitrogen and oxygen atoms in total. The van der Waals surface area contributed by atoms with Crippen LogP contribution < -0.4 is 0 Å². The first kappa shape index (κ1) is 11.4. The van der Waals surface area contributed by atoms with Crippen LogP contribution in [0.3, 0.4) is 0 Å². The highest BCUT2D eigenvalue weighted by molar-refractivity contribution is 6.05. The quantitative estimate of drug-likeness (QED) is 0.427. The van der Waals surface area contributed by atoms with Gasteiger partial charge in [-0.05, 0) is 25.5 Å². The van der Waals surface area contributed by atoms with Gasteiger partial charge in [-0.3, -0.25) is 14.6 Å². The Hall–Kier alpha value is -1.71. The normalized spacial score (nSPS) is 9.73. The largest absolute Gasteiger partial charge is 0.466 e. The van der Waals surface area contributed by atoms with E-state index in [1.165, 1.54) is 6.20 Å². The number of esters is 1. The summed E-state index contributed by atoms with van der Waals surface area (Å²) in [5.74, 6) is -0.806. The molecule has 0 spiro atoms. The zero-order valence-electron chi connectivity index (χ0n) is 8.82. The topological polar surface area (TPSA) is 56.3 Å². The molecule has 0 saturated carbocycles. The van der Waals surface area contributed by atoms with E-state index >= 15 is 0 Å². The van der Waals surface area contributed by atoms with Crippen LogP contribution in [0, 0.1) is 6.92 Å². The molecular weight excluding hydrogens is 194 g/mol. The summed E-state index contributed by atoms with van der Waals surface area (Å²) < 4.78 is 4.69. The summed E-state index contributed by atoms with van der Waals surface area (Å²) in [4.78, 5) is 26.6. The zero-order chi connectivity index (χ0) is 11.3. The molecule has 0 aliphatic rings. The maximum Gasteiger partial charge on any atom is 0.313 e. The van der Waals surface area contributed by atoms with E-state index in [0.717, 1.165) is 5.56 Å². The first-order chi connectivity index (χ1) is 7.15. The lowest BCUT2D eigenvalue weighted by Crippen LogP contribution is -2.13. The van der Waals surface area contributed by atoms with Crippen LogP contribution in [-0.4, -0.2) is 23.3 Å². The van der Waals surface area contributed by atoms with Crippen LogP contribution in [-0.2, 0) is 9.53 Å². The number of hydrogen-bond donors (Lipinski definition) is 0. The second-order valence-electron chi connectivity index (χ2n) is 3.07. The minimum atomic E-state index is -0.507. The Labute approximate surface area is 88.3 Å². The van der Waals surface area contributed by atoms with Gasteiger partial charge in [-0.1, -0.05) is 6.07 Å². The van der Waals surface area contributed by atoms with E-state index in [9.17, 15) is 9.59 Å². The number of ether oxygens (including phenoxy) is 1. The van der Waals surface area contributed by atoms with E-state index in [1.807, 2.05) is 0 Å². The minimum Gasteiger partial charge on any atom is -0.466 e. The summed E-state index contributed by atoms with van der Waals surface area (Å²) in [7, 11) is 0. The molecule has 0 unspecified atom stereocenters. The summed E-state index contributed by atoms with van der Waals surface area (Å²) in [5.41, 5.74) is 1.11. The fraction of sp³-hybridized carbons (Fsp3) is 0.364. The van der Waals surface area contributed by atoms with E-state index in [-0.39, 0.29) is 18.8 Å². The van der Waals surface area contributed by atoms with Crippen molar-refractivity contribution in [2.45, 2.75) is 20.3 Å². The van der Waals surface area contributed by atoms with Crippen molar-refractivity contribution < 1.29 is 14.3 Å². The highest BCUT2D eigenvalue weighted by atomic mass is 16.5. The van der Waals surface area contributed by atoms with E-state index in [0.29, 0.717) is 5.69 Å². The zero-order valence-corrected chi connectivity index (χ0v) is 8.82. The van der Waals surface area contributed by atoms with Gasteiger partial charge >= 0.3 is 5.97 Å². The van der Waals surface area contributed by atoms with E-state index in [4.69, 9.17) is 0 Å². The van der Waals surface area contributed by atoms with E-state index in [2.05, 4.69) is 9.72 Å². The van der Waals surface area contributed by atoms with Crippen molar-refractivity contribution in [2.75, 3.05) is 6.61 Å². The van der Waals surface area contributed by atoms with Crippen molar-refractivity contribution in [3.05, 3.63) is 29.6 Å². The molecule has 1 heterocycles. The summed E-state index contributed by atoms with van der Waals surface area (Å²) in [6.45, 7) is 3.77. The lowest BCUT2D eigenvalue weighted by Gasteiger charge is -2.03. The van der Waals surface area contributed by atoms with Crippen LogP contribution in [0.1, 0.15) is 29.4 Å². The predicted octanol–water partition coefficient (Wildman–Crippen LogP) is 1.53. The Morgan fingerprint density at radius 1 is 1.47 bits per heavy atom. The number of carbonyl (C=O) groups excluding carboxylic acids is 2. The number of rotatable bonds is 4. The summed E-state index contributed by atoms with van der Waals surface area (Å²) >= 11 is 0. The highest BCUT2D eigenvalue weighted by Gasteiger charge is 2.15. The summed E-state index contributed by atoms with van der Waals surface area (Å²) in [6.07, 6.45) is 1.29. The maximum atomic E-state index is 11.6. The maximum absolute atomic E-state index is 11.6. The van der Waals surface area contributed by atoms with Gasteiger partial charge in [0.25, 0.3) is 0 Å². The average molecular weight is 207 g/mol. The standard InChI is InChI=1S/C11H13NO3/c1-3-15-10(14)7-9(13)11-8(2)5-4-6-12-11/h4-6H,3,7H2,1-2H3. The molecule has 15 heavy (non-hydrogen) atoms. The minimum absolute atomic E-state index is 0.244. The first-order valence-electron chi connectivity index (χ1n) is 4.75. The predicted molar refractivity (Wildman–Crippen MR) is 54.6 cm³/mol. The molecule has 0 bridgehead atoms. The fourth-order valence-electron chi connectivity index (χ4n) is 1.20. The van der Waals surface area contributed by atoms with Crippen molar-refractivity contribution in [1.82, 2.24) is 4.98 Å². The van der Waals surface area contributed by atoms with E-state index < -0.39 is 5.97 Å². The van der Waals surface area contributed by atoms with Crippen molar-refractivity contribution in [2.24, 2.45) is 0 Å². The van der Waals surface area contributed by atoms with Crippen LogP contribution in [0.15, 0.2) is 18.3 Å². The van der Waals surface area contributed by atoms with Gasteiger partial charge in [-0.2, -0.15) is 0 Å². The fourth-order valence-corrected chi connectivity index (χ4v) is 1.20. The molecule has 1 aromatic heterocycles. The van der Waals surface area contributed by atoms with Gasteiger partial charge in [0.05, 0.1) is 6.61 Å².